The molecule has 0 heterocycles. The van der Waals surface area contributed by atoms with E-state index in [9.17, 15) is 0 Å². The van der Waals surface area contributed by atoms with Gasteiger partial charge >= 0.3 is 37.9 Å². The van der Waals surface area contributed by atoms with Crippen LogP contribution in [0.3, 0.4) is 0 Å². The average Bonchev–Trinajstić information content (AvgIpc) is 3.79. The van der Waals surface area contributed by atoms with Crippen LogP contribution in [0.25, 0.3) is 43.8 Å². The van der Waals surface area contributed by atoms with Gasteiger partial charge < -0.3 is 0 Å². The molecule has 358 valence electrons. The summed E-state index contributed by atoms with van der Waals surface area (Å²) in [5.41, 5.74) is 11.9. The van der Waals surface area contributed by atoms with Crippen molar-refractivity contribution in [1.82, 2.24) is 0 Å². The molecule has 0 saturated carbocycles. The van der Waals surface area contributed by atoms with Crippen molar-refractivity contribution in [3.63, 3.8) is 0 Å². The number of aryl methyl sites for hydroxylation is 2. The molecule has 2 radical (unpaired) electrons. The first-order chi connectivity index (χ1) is 30.6. The van der Waals surface area contributed by atoms with Crippen molar-refractivity contribution >= 4 is 101 Å². The van der Waals surface area contributed by atoms with E-state index >= 15 is 0 Å². The number of fused-ring (bicyclic) bond motifs is 2. The summed E-state index contributed by atoms with van der Waals surface area (Å²) in [6.45, 7) is 48.0. The predicted molar refractivity (Wildman–Crippen MR) is 316 cm³/mol. The fourth-order valence-corrected chi connectivity index (χ4v) is 13.9. The number of rotatable bonds is 14. The van der Waals surface area contributed by atoms with Gasteiger partial charge in [-0.05, 0) is 48.6 Å². The van der Waals surface area contributed by atoms with Crippen molar-refractivity contribution in [2.75, 3.05) is 0 Å². The second-order valence-electron chi connectivity index (χ2n) is 23.8. The molecule has 8 heteroatoms. The molecule has 0 spiro atoms. The van der Waals surface area contributed by atoms with Crippen LogP contribution in [0.15, 0.2) is 84.9 Å². The van der Waals surface area contributed by atoms with E-state index in [0.29, 0.717) is 11.8 Å². The summed E-state index contributed by atoms with van der Waals surface area (Å²) < 4.78 is 0. The van der Waals surface area contributed by atoms with Gasteiger partial charge in [0, 0.05) is 9.52 Å². The number of halogens is 2. The van der Waals surface area contributed by atoms with Gasteiger partial charge in [0.1, 0.15) is 0 Å². The number of benzene rings is 4. The minimum absolute atomic E-state index is 0.689. The third-order valence-corrected chi connectivity index (χ3v) is 20.4. The van der Waals surface area contributed by atoms with Crippen molar-refractivity contribution in [3.05, 3.63) is 107 Å². The molecule has 0 saturated heterocycles. The van der Waals surface area contributed by atoms with Crippen molar-refractivity contribution in [2.24, 2.45) is 11.8 Å². The van der Waals surface area contributed by atoms with E-state index < -0.39 is 53.1 Å². The zero-order valence-electron chi connectivity index (χ0n) is 45.2. The van der Waals surface area contributed by atoms with Gasteiger partial charge in [-0.15, -0.1) is 69.1 Å². The SMILES string of the molecule is CCCc1ccc2[cH-]c(CC(C)C)cc2c1-c1cc([Si](C)(C)C)cc([Si](C)(C)C)c1.CCCc1ccc2[cH-]c(CC(C)C)cc2c1-c1cc([Si](C)(C)C)cc([Si](C)(C)C)c1.C[Si]C.[Cl][Zr+2][Cl]. The van der Waals surface area contributed by atoms with Crippen LogP contribution in [-0.4, -0.2) is 41.8 Å². The zero-order valence-corrected chi connectivity index (χ0v) is 54.2. The molecule has 0 aliphatic rings. The fourth-order valence-electron chi connectivity index (χ4n) is 8.87. The molecule has 0 unspecified atom stereocenters. The van der Waals surface area contributed by atoms with Crippen LogP contribution in [0.2, 0.25) is 91.7 Å². The Morgan fingerprint density at radius 2 is 0.758 bits per heavy atom. The maximum absolute atomic E-state index is 4.93. The molecule has 0 fully saturated rings. The molecule has 6 aromatic carbocycles. The molecule has 0 nitrogen and oxygen atoms in total. The molecular formula is C58H88Cl2Si5Zr. The summed E-state index contributed by atoms with van der Waals surface area (Å²) in [5, 5.41) is 12.2. The Bertz CT molecular complexity index is 2210. The molecular weight excluding hydrogens is 999 g/mol. The van der Waals surface area contributed by atoms with Crippen LogP contribution < -0.4 is 20.7 Å². The topological polar surface area (TPSA) is 0 Å². The summed E-state index contributed by atoms with van der Waals surface area (Å²) in [6, 6.07) is 34.6. The fraction of sp³-hybridized carbons (Fsp3) is 0.483. The minimum atomic E-state index is -1.41. The van der Waals surface area contributed by atoms with Crippen molar-refractivity contribution in [3.8, 4) is 22.3 Å². The summed E-state index contributed by atoms with van der Waals surface area (Å²) in [6.07, 6.45) is 6.99. The number of hydrogen-bond acceptors (Lipinski definition) is 0. The van der Waals surface area contributed by atoms with Crippen LogP contribution in [0.4, 0.5) is 0 Å². The van der Waals surface area contributed by atoms with Gasteiger partial charge in [-0.1, -0.05) is 225 Å². The standard InChI is InChI=1S/2C28H41Si2.C2H6Si.2ClH.Zr/c2*1-10-11-22-12-13-23-15-21(14-20(2)3)16-27(23)28(22)24-17-25(29(4,5)6)19-26(18-24)30(7,8)9;1-3-2;;;/h2*12-13,15-20H,10-11,14H2,1-9H3;1-2H3;2*1H;/q2*-1;;;;+4/p-2. The van der Waals surface area contributed by atoms with Crippen molar-refractivity contribution in [1.29, 1.82) is 0 Å². The van der Waals surface area contributed by atoms with Crippen LogP contribution in [0.1, 0.15) is 76.6 Å². The Kier molecular flexibility index (Phi) is 22.9. The molecule has 0 aliphatic heterocycles. The van der Waals surface area contributed by atoms with Gasteiger partial charge in [0.05, 0.1) is 32.3 Å². The Morgan fingerprint density at radius 3 is 0.985 bits per heavy atom. The predicted octanol–water partition coefficient (Wildman–Crippen LogP) is 17.1. The molecule has 66 heavy (non-hydrogen) atoms. The summed E-state index contributed by atoms with van der Waals surface area (Å²) in [7, 11) is 5.33. The van der Waals surface area contributed by atoms with Gasteiger partial charge in [0.2, 0.25) is 0 Å². The zero-order chi connectivity index (χ0) is 49.9. The second-order valence-corrected chi connectivity index (χ2v) is 48.8. The van der Waals surface area contributed by atoms with Crippen molar-refractivity contribution < 1.29 is 20.8 Å². The van der Waals surface area contributed by atoms with Gasteiger partial charge in [-0.3, -0.25) is 0 Å². The maximum atomic E-state index is 4.93. The molecule has 0 aromatic heterocycles. The monoisotopic (exact) mass is 1080 g/mol. The van der Waals surface area contributed by atoms with Crippen LogP contribution in [-0.2, 0) is 46.5 Å². The number of hydrogen-bond donors (Lipinski definition) is 0. The normalized spacial score (nSPS) is 12.1. The van der Waals surface area contributed by atoms with Crippen LogP contribution >= 0.6 is 17.0 Å². The third kappa shape index (κ3) is 16.9. The van der Waals surface area contributed by atoms with Gasteiger partial charge in [-0.25, -0.2) is 0 Å². The Hall–Kier alpha value is -1.35. The first-order valence-electron chi connectivity index (χ1n) is 24.9. The molecule has 0 bridgehead atoms. The summed E-state index contributed by atoms with van der Waals surface area (Å²) in [5.74, 6) is 1.38. The Balaban J connectivity index is 0.000000313. The van der Waals surface area contributed by atoms with Gasteiger partial charge in [0.25, 0.3) is 0 Å². The molecule has 6 rings (SSSR count). The quantitative estimate of drug-likeness (QED) is 0.0753. The van der Waals surface area contributed by atoms with E-state index in [4.69, 9.17) is 17.0 Å². The first-order valence-corrected chi connectivity index (χ1v) is 47.3. The van der Waals surface area contributed by atoms with Gasteiger partial charge in [-0.2, -0.15) is 12.1 Å². The summed E-state index contributed by atoms with van der Waals surface area (Å²) in [4.78, 5) is 0. The van der Waals surface area contributed by atoms with Crippen LogP contribution in [0.5, 0.6) is 0 Å². The van der Waals surface area contributed by atoms with E-state index in [1.54, 1.807) is 20.7 Å². The van der Waals surface area contributed by atoms with E-state index in [-0.39, 0.29) is 0 Å². The molecule has 6 aromatic rings. The Morgan fingerprint density at radius 1 is 0.485 bits per heavy atom. The Labute approximate surface area is 431 Å². The van der Waals surface area contributed by atoms with E-state index in [0.717, 1.165) is 35.2 Å². The summed E-state index contributed by atoms with van der Waals surface area (Å²) >= 11 is -0.826. The van der Waals surface area contributed by atoms with E-state index in [1.165, 1.54) is 78.9 Å². The molecule has 0 aliphatic carbocycles. The van der Waals surface area contributed by atoms with Crippen molar-refractivity contribution in [2.45, 2.75) is 172 Å². The molecule has 0 atom stereocenters. The van der Waals surface area contributed by atoms with Crippen LogP contribution in [0, 0.1) is 11.8 Å². The van der Waals surface area contributed by atoms with E-state index in [1.807, 2.05) is 0 Å². The first kappa shape index (κ1) is 59.0. The second kappa shape index (κ2) is 25.7. The average molecular weight is 1090 g/mol. The van der Waals surface area contributed by atoms with Gasteiger partial charge in [0.15, 0.2) is 0 Å². The third-order valence-electron chi connectivity index (χ3n) is 12.3. The molecule has 0 N–H and O–H groups in total. The van der Waals surface area contributed by atoms with E-state index in [2.05, 4.69) is 218 Å². The molecule has 0 amide bonds.